The normalized spacial score (nSPS) is 17.6. The van der Waals surface area contributed by atoms with Gasteiger partial charge in [-0.3, -0.25) is 9.59 Å². The molecule has 42 heavy (non-hydrogen) atoms. The van der Waals surface area contributed by atoms with E-state index >= 15 is 0 Å². The molecule has 1 aromatic rings. The third kappa shape index (κ3) is 10.4. The number of carbonyl (C=O) groups is 3. The molecular formula is C32H52N2O8. The van der Waals surface area contributed by atoms with E-state index in [1.165, 1.54) is 0 Å². The van der Waals surface area contributed by atoms with Gasteiger partial charge < -0.3 is 33.5 Å². The Morgan fingerprint density at radius 3 is 2.29 bits per heavy atom. The summed E-state index contributed by atoms with van der Waals surface area (Å²) in [5, 5.41) is 0. The van der Waals surface area contributed by atoms with Crippen molar-refractivity contribution in [3.63, 3.8) is 0 Å². The lowest BCUT2D eigenvalue weighted by Gasteiger charge is -2.32. The molecule has 0 bridgehead atoms. The van der Waals surface area contributed by atoms with Crippen LogP contribution in [0, 0.1) is 17.8 Å². The van der Waals surface area contributed by atoms with Crippen molar-refractivity contribution in [2.45, 2.75) is 79.4 Å². The number of hydrogen-bond donors (Lipinski definition) is 0. The highest BCUT2D eigenvalue weighted by atomic mass is 16.6. The number of rotatable bonds is 15. The summed E-state index contributed by atoms with van der Waals surface area (Å²) >= 11 is 0. The first-order valence-corrected chi connectivity index (χ1v) is 15.1. The van der Waals surface area contributed by atoms with Crippen molar-refractivity contribution in [3.05, 3.63) is 23.8 Å². The SMILES string of the molecule is CCOC(=O)C(CC)C[C@@H]1CN(C(=O)OC(C)(C)C)C[C@H]1CN(C(=O)c1ccc(OC)c(OCCCOC)c1)C(C)C. The Labute approximate surface area is 251 Å². The molecule has 1 unspecified atom stereocenters. The highest BCUT2D eigenvalue weighted by Crippen LogP contribution is 2.34. The number of hydrogen-bond acceptors (Lipinski definition) is 8. The Bertz CT molecular complexity index is 1020. The fourth-order valence-electron chi connectivity index (χ4n) is 5.20. The van der Waals surface area contributed by atoms with Crippen LogP contribution in [0.5, 0.6) is 11.5 Å². The van der Waals surface area contributed by atoms with Gasteiger partial charge in [0.05, 0.1) is 26.2 Å². The summed E-state index contributed by atoms with van der Waals surface area (Å²) in [7, 11) is 3.21. The van der Waals surface area contributed by atoms with Gasteiger partial charge in [-0.05, 0) is 84.4 Å². The number of likely N-dealkylation sites (tertiary alicyclic amines) is 1. The summed E-state index contributed by atoms with van der Waals surface area (Å²) in [5.41, 5.74) is -0.137. The second-order valence-corrected chi connectivity index (χ2v) is 12.1. The summed E-state index contributed by atoms with van der Waals surface area (Å²) in [4.78, 5) is 43.2. The van der Waals surface area contributed by atoms with Crippen molar-refractivity contribution in [1.29, 1.82) is 0 Å². The lowest BCUT2D eigenvalue weighted by Crippen LogP contribution is -2.42. The summed E-state index contributed by atoms with van der Waals surface area (Å²) < 4.78 is 27.5. The van der Waals surface area contributed by atoms with Crippen LogP contribution in [-0.4, -0.2) is 93.1 Å². The van der Waals surface area contributed by atoms with Gasteiger partial charge in [0.15, 0.2) is 11.5 Å². The van der Waals surface area contributed by atoms with Gasteiger partial charge in [-0.2, -0.15) is 0 Å². The first-order valence-electron chi connectivity index (χ1n) is 15.1. The van der Waals surface area contributed by atoms with Crippen LogP contribution in [0.4, 0.5) is 4.79 Å². The van der Waals surface area contributed by atoms with Crippen LogP contribution < -0.4 is 9.47 Å². The van der Waals surface area contributed by atoms with Crippen LogP contribution >= 0.6 is 0 Å². The van der Waals surface area contributed by atoms with Gasteiger partial charge in [-0.15, -0.1) is 0 Å². The van der Waals surface area contributed by atoms with Crippen LogP contribution in [0.3, 0.4) is 0 Å². The second-order valence-electron chi connectivity index (χ2n) is 12.1. The molecule has 0 saturated carbocycles. The summed E-state index contributed by atoms with van der Waals surface area (Å²) in [5.74, 6) is 0.362. The highest BCUT2D eigenvalue weighted by Gasteiger charge is 2.41. The van der Waals surface area contributed by atoms with Crippen molar-refractivity contribution in [3.8, 4) is 11.5 Å². The van der Waals surface area contributed by atoms with E-state index in [2.05, 4.69) is 0 Å². The number of methoxy groups -OCH3 is 2. The Morgan fingerprint density at radius 1 is 1.02 bits per heavy atom. The number of ether oxygens (including phenoxy) is 5. The smallest absolute Gasteiger partial charge is 0.410 e. The van der Waals surface area contributed by atoms with Crippen molar-refractivity contribution < 1.29 is 38.1 Å². The number of nitrogens with zero attached hydrogens (tertiary/aromatic N) is 2. The molecular weight excluding hydrogens is 540 g/mol. The van der Waals surface area contributed by atoms with Crippen molar-refractivity contribution in [2.75, 3.05) is 53.7 Å². The van der Waals surface area contributed by atoms with E-state index in [0.717, 1.165) is 0 Å². The van der Waals surface area contributed by atoms with E-state index in [-0.39, 0.29) is 41.8 Å². The molecule has 1 aromatic carbocycles. The van der Waals surface area contributed by atoms with Crippen LogP contribution in [0.25, 0.3) is 0 Å². The lowest BCUT2D eigenvalue weighted by atomic mass is 9.85. The maximum Gasteiger partial charge on any atom is 0.410 e. The monoisotopic (exact) mass is 592 g/mol. The fourth-order valence-corrected chi connectivity index (χ4v) is 5.20. The molecule has 1 heterocycles. The number of carbonyl (C=O) groups excluding carboxylic acids is 3. The molecule has 0 spiro atoms. The predicted octanol–water partition coefficient (Wildman–Crippen LogP) is 5.42. The largest absolute Gasteiger partial charge is 0.493 e. The molecule has 10 nitrogen and oxygen atoms in total. The fraction of sp³-hybridized carbons (Fsp3) is 0.719. The van der Waals surface area contributed by atoms with E-state index in [1.807, 2.05) is 46.4 Å². The number of benzene rings is 1. The first kappa shape index (κ1) is 35.2. The molecule has 2 rings (SSSR count). The molecule has 3 atom stereocenters. The third-order valence-electron chi connectivity index (χ3n) is 7.40. The molecule has 1 saturated heterocycles. The minimum atomic E-state index is -0.626. The van der Waals surface area contributed by atoms with Crippen LogP contribution in [0.2, 0.25) is 0 Å². The van der Waals surface area contributed by atoms with Crippen molar-refractivity contribution in [1.82, 2.24) is 9.80 Å². The molecule has 0 N–H and O–H groups in total. The summed E-state index contributed by atoms with van der Waals surface area (Å²) in [6.45, 7) is 15.9. The first-order chi connectivity index (χ1) is 19.8. The number of esters is 1. The van der Waals surface area contributed by atoms with Crippen molar-refractivity contribution >= 4 is 18.0 Å². The predicted molar refractivity (Wildman–Crippen MR) is 161 cm³/mol. The molecule has 10 heteroatoms. The zero-order chi connectivity index (χ0) is 31.4. The van der Waals surface area contributed by atoms with Gasteiger partial charge >= 0.3 is 12.1 Å². The van der Waals surface area contributed by atoms with E-state index < -0.39 is 5.60 Å². The van der Waals surface area contributed by atoms with Gasteiger partial charge in [-0.1, -0.05) is 6.92 Å². The van der Waals surface area contributed by atoms with Gasteiger partial charge in [0.2, 0.25) is 0 Å². The number of amides is 2. The topological polar surface area (TPSA) is 104 Å². The van der Waals surface area contributed by atoms with Gasteiger partial charge in [0.25, 0.3) is 5.91 Å². The van der Waals surface area contributed by atoms with Gasteiger partial charge in [-0.25, -0.2) is 4.79 Å². The molecule has 1 aliphatic rings. The zero-order valence-corrected chi connectivity index (χ0v) is 27.1. The van der Waals surface area contributed by atoms with E-state index in [0.29, 0.717) is 75.8 Å². The van der Waals surface area contributed by atoms with Gasteiger partial charge in [0, 0.05) is 51.4 Å². The second kappa shape index (κ2) is 16.6. The minimum absolute atomic E-state index is 0.00327. The summed E-state index contributed by atoms with van der Waals surface area (Å²) in [6, 6.07) is 5.10. The molecule has 0 radical (unpaired) electrons. The average Bonchev–Trinajstić information content (AvgIpc) is 3.33. The molecule has 2 amide bonds. The van der Waals surface area contributed by atoms with Crippen molar-refractivity contribution in [2.24, 2.45) is 17.8 Å². The summed E-state index contributed by atoms with van der Waals surface area (Å²) in [6.07, 6.45) is 1.53. The Kier molecular flexibility index (Phi) is 13.9. The van der Waals surface area contributed by atoms with Crippen LogP contribution in [-0.2, 0) is 19.0 Å². The van der Waals surface area contributed by atoms with E-state index in [9.17, 15) is 14.4 Å². The van der Waals surface area contributed by atoms with E-state index in [1.54, 1.807) is 44.2 Å². The average molecular weight is 593 g/mol. The van der Waals surface area contributed by atoms with Crippen LogP contribution in [0.15, 0.2) is 18.2 Å². The minimum Gasteiger partial charge on any atom is -0.493 e. The molecule has 238 valence electrons. The van der Waals surface area contributed by atoms with Gasteiger partial charge in [0.1, 0.15) is 5.60 Å². The molecule has 0 aromatic heterocycles. The Morgan fingerprint density at radius 2 is 1.71 bits per heavy atom. The third-order valence-corrected chi connectivity index (χ3v) is 7.40. The quantitative estimate of drug-likeness (QED) is 0.196. The lowest BCUT2D eigenvalue weighted by molar-refractivity contribution is -0.148. The zero-order valence-electron chi connectivity index (χ0n) is 27.1. The maximum absolute atomic E-state index is 13.9. The molecule has 1 fully saturated rings. The maximum atomic E-state index is 13.9. The standard InChI is InChI=1S/C32H52N2O8/c1-10-23(30(36)40-11-2)17-25-19-33(31(37)42-32(5,6)7)20-26(25)21-34(22(3)4)29(35)24-13-14-27(39-9)28(18-24)41-16-12-15-38-8/h13-14,18,22-23,25-26H,10-12,15-17,19-21H2,1-9H3/t23?,25-,26+/m1/s1. The molecule has 0 aliphatic carbocycles. The van der Waals surface area contributed by atoms with Crippen LogP contribution in [0.1, 0.15) is 78.1 Å². The Hall–Kier alpha value is -3.01. The molecule has 1 aliphatic heterocycles. The van der Waals surface area contributed by atoms with E-state index in [4.69, 9.17) is 23.7 Å². The Balaban J connectivity index is 2.32. The highest BCUT2D eigenvalue weighted by molar-refractivity contribution is 5.95.